The highest BCUT2D eigenvalue weighted by atomic mass is 15.1. The van der Waals surface area contributed by atoms with E-state index in [1.165, 1.54) is 83.8 Å². The largest absolute Gasteiger partial charge is 0.330 e. The van der Waals surface area contributed by atoms with E-state index in [1.807, 2.05) is 0 Å². The first-order chi connectivity index (χ1) is 9.26. The first kappa shape index (κ1) is 17.0. The fourth-order valence-electron chi connectivity index (χ4n) is 3.41. The molecule has 0 aromatic rings. The second-order valence-electron chi connectivity index (χ2n) is 6.60. The Labute approximate surface area is 121 Å². The summed E-state index contributed by atoms with van der Waals surface area (Å²) in [5, 5.41) is 0. The highest BCUT2D eigenvalue weighted by molar-refractivity contribution is 4.86. The van der Waals surface area contributed by atoms with Gasteiger partial charge in [-0.05, 0) is 50.7 Å². The van der Waals surface area contributed by atoms with Crippen molar-refractivity contribution in [2.24, 2.45) is 11.1 Å². The summed E-state index contributed by atoms with van der Waals surface area (Å²) in [6.45, 7) is 9.28. The Bertz CT molecular complexity index is 199. The highest BCUT2D eigenvalue weighted by Crippen LogP contribution is 2.35. The van der Waals surface area contributed by atoms with Crippen molar-refractivity contribution in [3.05, 3.63) is 0 Å². The van der Waals surface area contributed by atoms with Crippen LogP contribution in [-0.2, 0) is 0 Å². The molecule has 114 valence electrons. The molecule has 1 aliphatic carbocycles. The van der Waals surface area contributed by atoms with Crippen molar-refractivity contribution in [2.75, 3.05) is 26.2 Å². The van der Waals surface area contributed by atoms with Gasteiger partial charge in [-0.25, -0.2) is 0 Å². The third-order valence-corrected chi connectivity index (χ3v) is 4.81. The molecule has 1 saturated carbocycles. The van der Waals surface area contributed by atoms with E-state index < -0.39 is 0 Å². The number of unbranched alkanes of at least 4 members (excludes halogenated alkanes) is 2. The molecule has 2 heteroatoms. The zero-order chi connectivity index (χ0) is 14.0. The van der Waals surface area contributed by atoms with Crippen LogP contribution in [0.2, 0.25) is 0 Å². The monoisotopic (exact) mass is 268 g/mol. The van der Waals surface area contributed by atoms with Gasteiger partial charge in [0.25, 0.3) is 0 Å². The van der Waals surface area contributed by atoms with E-state index in [0.717, 1.165) is 6.54 Å². The third-order valence-electron chi connectivity index (χ3n) is 4.81. The van der Waals surface area contributed by atoms with Gasteiger partial charge < -0.3 is 10.6 Å². The number of rotatable bonds is 9. The van der Waals surface area contributed by atoms with Gasteiger partial charge in [0, 0.05) is 6.54 Å². The fourth-order valence-corrected chi connectivity index (χ4v) is 3.41. The van der Waals surface area contributed by atoms with Gasteiger partial charge in [0.15, 0.2) is 0 Å². The SMILES string of the molecule is CCCCN(CCCC)CC1(CN)CCCCCC1. The first-order valence-electron chi connectivity index (χ1n) is 8.69. The van der Waals surface area contributed by atoms with Crippen LogP contribution in [-0.4, -0.2) is 31.1 Å². The maximum atomic E-state index is 6.19. The quantitative estimate of drug-likeness (QED) is 0.635. The summed E-state index contributed by atoms with van der Waals surface area (Å²) in [7, 11) is 0. The molecule has 0 atom stereocenters. The standard InChI is InChI=1S/C17H36N2/c1-3-5-13-19(14-6-4-2)16-17(15-18)11-9-7-8-10-12-17/h3-16,18H2,1-2H3. The molecule has 0 heterocycles. The summed E-state index contributed by atoms with van der Waals surface area (Å²) in [5.74, 6) is 0. The third kappa shape index (κ3) is 6.27. The lowest BCUT2D eigenvalue weighted by Crippen LogP contribution is -2.43. The van der Waals surface area contributed by atoms with Crippen LogP contribution in [0, 0.1) is 5.41 Å². The molecule has 0 spiro atoms. The van der Waals surface area contributed by atoms with Gasteiger partial charge in [-0.2, -0.15) is 0 Å². The summed E-state index contributed by atoms with van der Waals surface area (Å²) in [5.41, 5.74) is 6.62. The minimum atomic E-state index is 0.429. The summed E-state index contributed by atoms with van der Waals surface area (Å²) >= 11 is 0. The minimum Gasteiger partial charge on any atom is -0.330 e. The van der Waals surface area contributed by atoms with E-state index in [4.69, 9.17) is 5.73 Å². The molecule has 0 radical (unpaired) electrons. The Morgan fingerprint density at radius 2 is 1.42 bits per heavy atom. The van der Waals surface area contributed by atoms with Crippen LogP contribution in [0.3, 0.4) is 0 Å². The van der Waals surface area contributed by atoms with E-state index in [9.17, 15) is 0 Å². The lowest BCUT2D eigenvalue weighted by molar-refractivity contribution is 0.133. The van der Waals surface area contributed by atoms with Gasteiger partial charge in [0.2, 0.25) is 0 Å². The molecular formula is C17H36N2. The second-order valence-corrected chi connectivity index (χ2v) is 6.60. The molecule has 1 rings (SSSR count). The molecule has 0 amide bonds. The Morgan fingerprint density at radius 1 is 0.895 bits per heavy atom. The van der Waals surface area contributed by atoms with E-state index >= 15 is 0 Å². The zero-order valence-electron chi connectivity index (χ0n) is 13.4. The Hall–Kier alpha value is -0.0800. The molecule has 1 fully saturated rings. The highest BCUT2D eigenvalue weighted by Gasteiger charge is 2.31. The molecule has 2 nitrogen and oxygen atoms in total. The lowest BCUT2D eigenvalue weighted by atomic mass is 9.79. The van der Waals surface area contributed by atoms with Gasteiger partial charge in [-0.3, -0.25) is 0 Å². The number of hydrogen-bond acceptors (Lipinski definition) is 2. The maximum Gasteiger partial charge on any atom is 0.00501 e. The lowest BCUT2D eigenvalue weighted by Gasteiger charge is -2.37. The molecule has 0 saturated heterocycles. The fraction of sp³-hybridized carbons (Fsp3) is 1.00. The second kappa shape index (κ2) is 9.77. The molecule has 1 aliphatic rings. The van der Waals surface area contributed by atoms with Crippen molar-refractivity contribution < 1.29 is 0 Å². The summed E-state index contributed by atoms with van der Waals surface area (Å²) in [4.78, 5) is 2.71. The van der Waals surface area contributed by atoms with Crippen molar-refractivity contribution in [3.8, 4) is 0 Å². The van der Waals surface area contributed by atoms with E-state index in [1.54, 1.807) is 0 Å². The number of nitrogens with two attached hydrogens (primary N) is 1. The van der Waals surface area contributed by atoms with Crippen LogP contribution >= 0.6 is 0 Å². The van der Waals surface area contributed by atoms with Crippen LogP contribution in [0.5, 0.6) is 0 Å². The predicted octanol–water partition coefficient (Wildman–Crippen LogP) is 4.19. The molecule has 0 aromatic carbocycles. The Balaban J connectivity index is 2.55. The molecular weight excluding hydrogens is 232 g/mol. The number of hydrogen-bond donors (Lipinski definition) is 1. The zero-order valence-corrected chi connectivity index (χ0v) is 13.4. The Kier molecular flexibility index (Phi) is 8.72. The van der Waals surface area contributed by atoms with Crippen LogP contribution < -0.4 is 5.73 Å². The Morgan fingerprint density at radius 3 is 1.84 bits per heavy atom. The van der Waals surface area contributed by atoms with Crippen LogP contribution in [0.1, 0.15) is 78.1 Å². The van der Waals surface area contributed by atoms with Crippen LogP contribution in [0.15, 0.2) is 0 Å². The van der Waals surface area contributed by atoms with Gasteiger partial charge in [-0.1, -0.05) is 52.4 Å². The van der Waals surface area contributed by atoms with Crippen molar-refractivity contribution in [1.82, 2.24) is 4.90 Å². The van der Waals surface area contributed by atoms with Crippen molar-refractivity contribution in [2.45, 2.75) is 78.1 Å². The molecule has 0 bridgehead atoms. The average molecular weight is 268 g/mol. The van der Waals surface area contributed by atoms with E-state index in [2.05, 4.69) is 18.7 Å². The first-order valence-corrected chi connectivity index (χ1v) is 8.69. The van der Waals surface area contributed by atoms with E-state index in [0.29, 0.717) is 5.41 Å². The normalized spacial score (nSPS) is 19.6. The topological polar surface area (TPSA) is 29.3 Å². The summed E-state index contributed by atoms with van der Waals surface area (Å²) in [6, 6.07) is 0. The number of nitrogens with zero attached hydrogens (tertiary/aromatic N) is 1. The smallest absolute Gasteiger partial charge is 0.00501 e. The molecule has 2 N–H and O–H groups in total. The van der Waals surface area contributed by atoms with Crippen molar-refractivity contribution in [3.63, 3.8) is 0 Å². The van der Waals surface area contributed by atoms with Crippen molar-refractivity contribution in [1.29, 1.82) is 0 Å². The van der Waals surface area contributed by atoms with E-state index in [-0.39, 0.29) is 0 Å². The summed E-state index contributed by atoms with van der Waals surface area (Å²) < 4.78 is 0. The minimum absolute atomic E-state index is 0.429. The predicted molar refractivity (Wildman–Crippen MR) is 85.4 cm³/mol. The average Bonchev–Trinajstić information content (AvgIpc) is 2.68. The van der Waals surface area contributed by atoms with Crippen LogP contribution in [0.4, 0.5) is 0 Å². The van der Waals surface area contributed by atoms with Crippen LogP contribution in [0.25, 0.3) is 0 Å². The maximum absolute atomic E-state index is 6.19. The van der Waals surface area contributed by atoms with Gasteiger partial charge in [0.1, 0.15) is 0 Å². The van der Waals surface area contributed by atoms with Gasteiger partial charge >= 0.3 is 0 Å². The van der Waals surface area contributed by atoms with Crippen molar-refractivity contribution >= 4 is 0 Å². The summed E-state index contributed by atoms with van der Waals surface area (Å²) in [6.07, 6.45) is 13.6. The van der Waals surface area contributed by atoms with Gasteiger partial charge in [-0.15, -0.1) is 0 Å². The molecule has 0 aromatic heterocycles. The van der Waals surface area contributed by atoms with Gasteiger partial charge in [0.05, 0.1) is 0 Å². The molecule has 0 unspecified atom stereocenters. The molecule has 0 aliphatic heterocycles. The molecule has 19 heavy (non-hydrogen) atoms.